The average Bonchev–Trinajstić information content (AvgIpc) is 3.06. The van der Waals surface area contributed by atoms with Crippen LogP contribution in [0.15, 0.2) is 42.7 Å². The lowest BCUT2D eigenvalue weighted by Crippen LogP contribution is -2.03. The normalized spacial score (nSPS) is 11.2. The lowest BCUT2D eigenvalue weighted by atomic mass is 10.1. The van der Waals surface area contributed by atoms with Gasteiger partial charge in [-0.1, -0.05) is 129 Å². The van der Waals surface area contributed by atoms with Gasteiger partial charge in [-0.2, -0.15) is 0 Å². The van der Waals surface area contributed by atoms with Gasteiger partial charge < -0.3 is 19.7 Å². The van der Waals surface area contributed by atoms with Crippen molar-refractivity contribution in [3.05, 3.63) is 42.7 Å². The molecule has 0 saturated carbocycles. The zero-order valence-electron chi connectivity index (χ0n) is 28.7. The molecule has 1 heterocycles. The molecule has 7 nitrogen and oxygen atoms in total. The van der Waals surface area contributed by atoms with Crippen LogP contribution in [0.3, 0.4) is 0 Å². The van der Waals surface area contributed by atoms with Gasteiger partial charge >= 0.3 is 0 Å². The van der Waals surface area contributed by atoms with Gasteiger partial charge in [0.2, 0.25) is 0 Å². The lowest BCUT2D eigenvalue weighted by Gasteiger charge is -2.14. The second-order valence-electron chi connectivity index (χ2n) is 12.6. The number of ether oxygens (including phenoxy) is 2. The third-order valence-corrected chi connectivity index (χ3v) is 8.51. The minimum Gasteiger partial charge on any atom is -0.508 e. The zero-order valence-corrected chi connectivity index (χ0v) is 28.7. The Hall–Kier alpha value is -3.35. The van der Waals surface area contributed by atoms with Gasteiger partial charge in [-0.25, -0.2) is 15.0 Å². The van der Waals surface area contributed by atoms with E-state index >= 15 is 0 Å². The summed E-state index contributed by atoms with van der Waals surface area (Å²) in [5, 5.41) is 20.1. The molecule has 2 N–H and O–H groups in total. The van der Waals surface area contributed by atoms with Crippen LogP contribution in [0.5, 0.6) is 23.0 Å². The molecule has 0 amide bonds. The molecule has 254 valence electrons. The fraction of sp³-hybridized carbons (Fsp3) is 0.615. The molecule has 0 aliphatic carbocycles. The molecule has 0 aliphatic rings. The Bertz CT molecular complexity index is 1240. The maximum atomic E-state index is 10.4. The number of benzene rings is 2. The van der Waals surface area contributed by atoms with Crippen LogP contribution in [0.1, 0.15) is 142 Å². The van der Waals surface area contributed by atoms with Gasteiger partial charge in [-0.15, -0.1) is 0 Å². The fourth-order valence-electron chi connectivity index (χ4n) is 5.71. The number of rotatable bonds is 26. The zero-order chi connectivity index (χ0) is 32.7. The van der Waals surface area contributed by atoms with Gasteiger partial charge in [0.25, 0.3) is 0 Å². The Labute approximate surface area is 278 Å². The second-order valence-corrected chi connectivity index (χ2v) is 12.6. The summed E-state index contributed by atoms with van der Waals surface area (Å²) in [5.41, 5.74) is 1.17. The Morgan fingerprint density at radius 3 is 1.54 bits per heavy atom. The summed E-state index contributed by atoms with van der Waals surface area (Å²) in [6.45, 7) is 5.83. The van der Waals surface area contributed by atoms with Gasteiger partial charge in [-0.05, 0) is 37.1 Å². The predicted octanol–water partition coefficient (Wildman–Crippen LogP) is 11.2. The van der Waals surface area contributed by atoms with E-state index in [1.54, 1.807) is 6.07 Å². The molecule has 0 atom stereocenters. The smallest absolute Gasteiger partial charge is 0.167 e. The highest BCUT2D eigenvalue weighted by Gasteiger charge is 2.15. The van der Waals surface area contributed by atoms with Crippen LogP contribution in [-0.2, 0) is 0 Å². The molecule has 7 heteroatoms. The quantitative estimate of drug-likeness (QED) is 0.0849. The summed E-state index contributed by atoms with van der Waals surface area (Å²) >= 11 is 0. The molecule has 0 radical (unpaired) electrons. The van der Waals surface area contributed by atoms with Crippen molar-refractivity contribution in [3.8, 4) is 45.8 Å². The summed E-state index contributed by atoms with van der Waals surface area (Å²) in [6, 6.07) is 10.2. The highest BCUT2D eigenvalue weighted by Crippen LogP contribution is 2.34. The average molecular weight is 634 g/mol. The largest absolute Gasteiger partial charge is 0.508 e. The minimum atomic E-state index is -0.0923. The number of hydrogen-bond donors (Lipinski definition) is 2. The highest BCUT2D eigenvalue weighted by atomic mass is 16.5. The molecule has 2 aromatic carbocycles. The van der Waals surface area contributed by atoms with E-state index in [-0.39, 0.29) is 11.5 Å². The minimum absolute atomic E-state index is 0.0217. The van der Waals surface area contributed by atoms with Crippen molar-refractivity contribution in [3.63, 3.8) is 0 Å². The number of nitrogens with zero attached hydrogens (tertiary/aromatic N) is 3. The van der Waals surface area contributed by atoms with Crippen LogP contribution in [-0.4, -0.2) is 38.4 Å². The van der Waals surface area contributed by atoms with Crippen molar-refractivity contribution >= 4 is 0 Å². The van der Waals surface area contributed by atoms with Crippen LogP contribution in [0, 0.1) is 0 Å². The first-order valence-electron chi connectivity index (χ1n) is 18.2. The summed E-state index contributed by atoms with van der Waals surface area (Å²) in [6.07, 6.45) is 27.1. The fourth-order valence-corrected chi connectivity index (χ4v) is 5.71. The Balaban J connectivity index is 1.55. The van der Waals surface area contributed by atoms with E-state index < -0.39 is 0 Å². The van der Waals surface area contributed by atoms with E-state index in [1.807, 2.05) is 18.2 Å². The Kier molecular flexibility index (Phi) is 18.6. The van der Waals surface area contributed by atoms with E-state index in [4.69, 9.17) is 9.47 Å². The van der Waals surface area contributed by atoms with Crippen molar-refractivity contribution in [1.29, 1.82) is 0 Å². The maximum absolute atomic E-state index is 10.4. The summed E-state index contributed by atoms with van der Waals surface area (Å²) in [7, 11) is 0. The Morgan fingerprint density at radius 2 is 1.00 bits per heavy atom. The molecule has 0 saturated heterocycles. The molecule has 3 rings (SSSR count). The maximum Gasteiger partial charge on any atom is 0.167 e. The molecule has 0 fully saturated rings. The van der Waals surface area contributed by atoms with Crippen molar-refractivity contribution in [2.75, 3.05) is 13.2 Å². The van der Waals surface area contributed by atoms with Gasteiger partial charge in [-0.3, -0.25) is 0 Å². The van der Waals surface area contributed by atoms with Crippen molar-refractivity contribution in [1.82, 2.24) is 15.0 Å². The van der Waals surface area contributed by atoms with Crippen LogP contribution in [0.25, 0.3) is 22.8 Å². The van der Waals surface area contributed by atoms with Crippen molar-refractivity contribution in [2.24, 2.45) is 0 Å². The predicted molar refractivity (Wildman–Crippen MR) is 189 cm³/mol. The Morgan fingerprint density at radius 1 is 0.522 bits per heavy atom. The molecule has 0 bridgehead atoms. The molecule has 0 spiro atoms. The third-order valence-electron chi connectivity index (χ3n) is 8.51. The number of hydrogen-bond acceptors (Lipinski definition) is 7. The first-order valence-corrected chi connectivity index (χ1v) is 18.2. The lowest BCUT2D eigenvalue weighted by molar-refractivity contribution is 0.290. The molecule has 46 heavy (non-hydrogen) atoms. The van der Waals surface area contributed by atoms with E-state index in [0.717, 1.165) is 30.6 Å². The molecule has 1 aromatic heterocycles. The second kappa shape index (κ2) is 23.0. The van der Waals surface area contributed by atoms with Crippen LogP contribution < -0.4 is 9.47 Å². The monoisotopic (exact) mass is 633 g/mol. The van der Waals surface area contributed by atoms with Crippen LogP contribution in [0.2, 0.25) is 0 Å². The van der Waals surface area contributed by atoms with Crippen molar-refractivity contribution < 1.29 is 19.7 Å². The number of aromatic nitrogens is 3. The van der Waals surface area contributed by atoms with Gasteiger partial charge in [0.1, 0.15) is 29.3 Å². The van der Waals surface area contributed by atoms with Crippen LogP contribution >= 0.6 is 0 Å². The van der Waals surface area contributed by atoms with E-state index in [2.05, 4.69) is 28.8 Å². The van der Waals surface area contributed by atoms with Crippen molar-refractivity contribution in [2.45, 2.75) is 142 Å². The van der Waals surface area contributed by atoms with Gasteiger partial charge in [0.05, 0.1) is 24.3 Å². The van der Waals surface area contributed by atoms with E-state index in [0.29, 0.717) is 36.2 Å². The van der Waals surface area contributed by atoms with Crippen LogP contribution in [0.4, 0.5) is 0 Å². The summed E-state index contributed by atoms with van der Waals surface area (Å²) in [5.74, 6) is 2.13. The first kappa shape index (κ1) is 37.1. The summed E-state index contributed by atoms with van der Waals surface area (Å²) in [4.78, 5) is 13.3. The molecule has 3 aromatic rings. The number of phenols is 2. The number of phenolic OH excluding ortho intramolecular Hbond substituents is 2. The van der Waals surface area contributed by atoms with E-state index in [9.17, 15) is 10.2 Å². The van der Waals surface area contributed by atoms with Gasteiger partial charge in [0.15, 0.2) is 11.6 Å². The third kappa shape index (κ3) is 14.4. The molecular formula is C39H59N3O4. The summed E-state index contributed by atoms with van der Waals surface area (Å²) < 4.78 is 12.5. The SMILES string of the molecule is CCCCCCCCCCCCOc1ccc(-c2ncnc(-c3ccc(O)cc3O)n2)c(OCCCCCCCCCCCC)c1. The number of aromatic hydroxyl groups is 2. The highest BCUT2D eigenvalue weighted by molar-refractivity contribution is 5.70. The van der Waals surface area contributed by atoms with Gasteiger partial charge in [0, 0.05) is 12.1 Å². The topological polar surface area (TPSA) is 97.6 Å². The molecular weight excluding hydrogens is 574 g/mol. The standard InChI is InChI=1S/C39H59N3O4/c1-3-5-7-9-11-13-15-17-19-21-27-45-33-24-26-35(37(30-33)46-28-22-20-18-16-14-12-10-8-6-4-2)39-41-31-40-38(42-39)34-25-23-32(43)29-36(34)44/h23-26,29-31,43-44H,3-22,27-28H2,1-2H3. The number of unbranched alkanes of at least 4 members (excludes halogenated alkanes) is 18. The first-order chi connectivity index (χ1) is 22.6. The molecule has 0 unspecified atom stereocenters. The molecule has 0 aliphatic heterocycles. The van der Waals surface area contributed by atoms with E-state index in [1.165, 1.54) is 128 Å².